The molecule has 0 saturated carbocycles. The maximum atomic E-state index is 12.5. The summed E-state index contributed by atoms with van der Waals surface area (Å²) in [4.78, 5) is 37.5. The van der Waals surface area contributed by atoms with Crippen LogP contribution < -0.4 is 10.1 Å². The lowest BCUT2D eigenvalue weighted by Crippen LogP contribution is -2.30. The lowest BCUT2D eigenvalue weighted by Gasteiger charge is -2.16. The van der Waals surface area contributed by atoms with Crippen molar-refractivity contribution in [2.75, 3.05) is 12.4 Å². The third-order valence-electron chi connectivity index (χ3n) is 5.11. The van der Waals surface area contributed by atoms with E-state index in [1.165, 1.54) is 24.2 Å². The molecule has 2 aliphatic rings. The minimum absolute atomic E-state index is 0.299. The van der Waals surface area contributed by atoms with Crippen LogP contribution in [-0.2, 0) is 17.6 Å². The molecule has 3 amide bonds. The monoisotopic (exact) mass is 364 g/mol. The van der Waals surface area contributed by atoms with Crippen LogP contribution in [-0.4, -0.2) is 35.8 Å². The number of hydrogen-bond acceptors (Lipinski definition) is 4. The van der Waals surface area contributed by atoms with E-state index in [1.54, 1.807) is 19.1 Å². The van der Waals surface area contributed by atoms with E-state index in [9.17, 15) is 14.4 Å². The Morgan fingerprint density at radius 1 is 1.04 bits per heavy atom. The highest BCUT2D eigenvalue weighted by Crippen LogP contribution is 2.27. The Hall–Kier alpha value is -3.15. The molecule has 2 aromatic rings. The Balaban J connectivity index is 1.45. The van der Waals surface area contributed by atoms with Crippen LogP contribution in [0, 0.1) is 0 Å². The van der Waals surface area contributed by atoms with Gasteiger partial charge in [-0.2, -0.15) is 0 Å². The number of rotatable bonds is 4. The number of ether oxygens (including phenoxy) is 1. The molecule has 0 fully saturated rings. The van der Waals surface area contributed by atoms with Crippen molar-refractivity contribution in [3.05, 3.63) is 58.7 Å². The number of fused-ring (bicyclic) bond motifs is 2. The predicted molar refractivity (Wildman–Crippen MR) is 100 cm³/mol. The maximum absolute atomic E-state index is 12.5. The first-order chi connectivity index (χ1) is 12.9. The molecule has 0 spiro atoms. The van der Waals surface area contributed by atoms with Crippen LogP contribution in [0.15, 0.2) is 36.4 Å². The largest absolute Gasteiger partial charge is 0.481 e. The highest BCUT2D eigenvalue weighted by Gasteiger charge is 2.33. The van der Waals surface area contributed by atoms with Crippen LogP contribution in [0.1, 0.15) is 45.2 Å². The zero-order chi connectivity index (χ0) is 19.1. The van der Waals surface area contributed by atoms with Gasteiger partial charge in [-0.3, -0.25) is 19.3 Å². The second kappa shape index (κ2) is 6.54. The molecule has 138 valence electrons. The third kappa shape index (κ3) is 3.07. The van der Waals surface area contributed by atoms with Gasteiger partial charge in [0.2, 0.25) is 0 Å². The van der Waals surface area contributed by atoms with E-state index in [4.69, 9.17) is 4.74 Å². The minimum atomic E-state index is -0.697. The number of carbonyl (C=O) groups is 3. The average Bonchev–Trinajstić information content (AvgIpc) is 3.21. The van der Waals surface area contributed by atoms with Gasteiger partial charge in [-0.25, -0.2) is 0 Å². The number of nitrogens with one attached hydrogen (secondary N) is 1. The normalized spacial score (nSPS) is 16.1. The number of aryl methyl sites for hydroxylation is 2. The van der Waals surface area contributed by atoms with Gasteiger partial charge >= 0.3 is 0 Å². The van der Waals surface area contributed by atoms with Gasteiger partial charge in [0.05, 0.1) is 11.1 Å². The first-order valence-electron chi connectivity index (χ1n) is 9.00. The fraction of sp³-hybridized carbons (Fsp3) is 0.286. The zero-order valence-electron chi connectivity index (χ0n) is 15.2. The zero-order valence-corrected chi connectivity index (χ0v) is 15.2. The summed E-state index contributed by atoms with van der Waals surface area (Å²) in [5.74, 6) is -0.343. The van der Waals surface area contributed by atoms with Crippen LogP contribution in [0.5, 0.6) is 5.75 Å². The van der Waals surface area contributed by atoms with E-state index in [0.29, 0.717) is 22.6 Å². The van der Waals surface area contributed by atoms with Crippen molar-refractivity contribution in [3.8, 4) is 5.75 Å². The van der Waals surface area contributed by atoms with E-state index in [0.717, 1.165) is 24.2 Å². The Bertz CT molecular complexity index is 967. The molecule has 0 aromatic heterocycles. The molecule has 6 heteroatoms. The summed E-state index contributed by atoms with van der Waals surface area (Å²) < 4.78 is 5.78. The van der Waals surface area contributed by atoms with E-state index < -0.39 is 6.10 Å². The topological polar surface area (TPSA) is 75.7 Å². The molecule has 0 bridgehead atoms. The average molecular weight is 364 g/mol. The van der Waals surface area contributed by atoms with Gasteiger partial charge in [0.1, 0.15) is 5.75 Å². The smallest absolute Gasteiger partial charge is 0.265 e. The summed E-state index contributed by atoms with van der Waals surface area (Å²) >= 11 is 0. The van der Waals surface area contributed by atoms with Crippen molar-refractivity contribution in [1.82, 2.24) is 4.90 Å². The standard InChI is InChI=1S/C21H20N2O4/c1-12(27-16-8-6-13-4-3-5-14(13)10-16)19(24)22-15-7-9-17-18(11-15)21(26)23(2)20(17)25/h6-12H,3-5H2,1-2H3,(H,22,24). The quantitative estimate of drug-likeness (QED) is 0.847. The molecule has 1 heterocycles. The van der Waals surface area contributed by atoms with Crippen LogP contribution in [0.3, 0.4) is 0 Å². The highest BCUT2D eigenvalue weighted by atomic mass is 16.5. The summed E-state index contributed by atoms with van der Waals surface area (Å²) in [7, 11) is 1.44. The second-order valence-electron chi connectivity index (χ2n) is 6.96. The van der Waals surface area contributed by atoms with Gasteiger partial charge in [0.15, 0.2) is 6.10 Å². The van der Waals surface area contributed by atoms with Crippen molar-refractivity contribution >= 4 is 23.4 Å². The fourth-order valence-corrected chi connectivity index (χ4v) is 3.56. The van der Waals surface area contributed by atoms with Crippen molar-refractivity contribution in [2.45, 2.75) is 32.3 Å². The fourth-order valence-electron chi connectivity index (χ4n) is 3.56. The summed E-state index contributed by atoms with van der Waals surface area (Å²) in [5, 5.41) is 2.75. The van der Waals surface area contributed by atoms with Crippen molar-refractivity contribution in [1.29, 1.82) is 0 Å². The molecule has 4 rings (SSSR count). The van der Waals surface area contributed by atoms with Crippen molar-refractivity contribution < 1.29 is 19.1 Å². The lowest BCUT2D eigenvalue weighted by molar-refractivity contribution is -0.122. The summed E-state index contributed by atoms with van der Waals surface area (Å²) in [6.45, 7) is 1.68. The number of hydrogen-bond donors (Lipinski definition) is 1. The first kappa shape index (κ1) is 17.3. The van der Waals surface area contributed by atoms with E-state index in [2.05, 4.69) is 11.4 Å². The lowest BCUT2D eigenvalue weighted by atomic mass is 10.1. The van der Waals surface area contributed by atoms with Crippen molar-refractivity contribution in [2.24, 2.45) is 0 Å². The van der Waals surface area contributed by atoms with Crippen LogP contribution in [0.4, 0.5) is 5.69 Å². The maximum Gasteiger partial charge on any atom is 0.265 e. The first-order valence-corrected chi connectivity index (χ1v) is 9.00. The molecule has 1 atom stereocenters. The van der Waals surface area contributed by atoms with Gasteiger partial charge in [0, 0.05) is 12.7 Å². The molecule has 0 radical (unpaired) electrons. The second-order valence-corrected chi connectivity index (χ2v) is 6.96. The van der Waals surface area contributed by atoms with Crippen LogP contribution in [0.2, 0.25) is 0 Å². The summed E-state index contributed by atoms with van der Waals surface area (Å²) in [5.41, 5.74) is 3.74. The Labute approximate surface area is 157 Å². The van der Waals surface area contributed by atoms with Crippen LogP contribution >= 0.6 is 0 Å². The molecular weight excluding hydrogens is 344 g/mol. The number of benzene rings is 2. The van der Waals surface area contributed by atoms with E-state index in [1.807, 2.05) is 12.1 Å². The molecule has 27 heavy (non-hydrogen) atoms. The Kier molecular flexibility index (Phi) is 4.18. The van der Waals surface area contributed by atoms with Crippen molar-refractivity contribution in [3.63, 3.8) is 0 Å². The summed E-state index contributed by atoms with van der Waals surface area (Å²) in [6.07, 6.45) is 2.60. The minimum Gasteiger partial charge on any atom is -0.481 e. The van der Waals surface area contributed by atoms with E-state index >= 15 is 0 Å². The molecule has 1 unspecified atom stereocenters. The summed E-state index contributed by atoms with van der Waals surface area (Å²) in [6, 6.07) is 10.6. The molecule has 1 aliphatic carbocycles. The highest BCUT2D eigenvalue weighted by molar-refractivity contribution is 6.21. The molecule has 1 N–H and O–H groups in total. The molecule has 2 aromatic carbocycles. The number of carbonyl (C=O) groups excluding carboxylic acids is 3. The SMILES string of the molecule is CC(Oc1ccc2c(c1)CCC2)C(=O)Nc1ccc2c(c1)C(=O)N(C)C2=O. The van der Waals surface area contributed by atoms with Crippen LogP contribution in [0.25, 0.3) is 0 Å². The Morgan fingerprint density at radius 2 is 1.78 bits per heavy atom. The van der Waals surface area contributed by atoms with Gasteiger partial charge in [-0.15, -0.1) is 0 Å². The molecule has 1 aliphatic heterocycles. The van der Waals surface area contributed by atoms with Gasteiger partial charge in [-0.1, -0.05) is 6.07 Å². The number of amides is 3. The van der Waals surface area contributed by atoms with Gasteiger partial charge < -0.3 is 10.1 Å². The third-order valence-corrected chi connectivity index (χ3v) is 5.11. The number of nitrogens with zero attached hydrogens (tertiary/aromatic N) is 1. The predicted octanol–water partition coefficient (Wildman–Crippen LogP) is 2.81. The Morgan fingerprint density at radius 3 is 2.59 bits per heavy atom. The molecule has 6 nitrogen and oxygen atoms in total. The van der Waals surface area contributed by atoms with Gasteiger partial charge in [-0.05, 0) is 67.6 Å². The molecule has 0 saturated heterocycles. The molecular formula is C21H20N2O4. The number of anilines is 1. The van der Waals surface area contributed by atoms with Gasteiger partial charge in [0.25, 0.3) is 17.7 Å². The van der Waals surface area contributed by atoms with E-state index in [-0.39, 0.29) is 17.7 Å². The number of imide groups is 1.